The number of aliphatic hydroxyl groups excluding tert-OH is 2. The molecule has 0 heterocycles. The summed E-state index contributed by atoms with van der Waals surface area (Å²) >= 11 is 0. The van der Waals surface area contributed by atoms with Crippen LogP contribution in [-0.4, -0.2) is 36.0 Å². The van der Waals surface area contributed by atoms with Crippen molar-refractivity contribution in [3.8, 4) is 0 Å². The number of ether oxygens (including phenoxy) is 1. The predicted octanol–water partition coefficient (Wildman–Crippen LogP) is -0.461. The van der Waals surface area contributed by atoms with Gasteiger partial charge in [0.15, 0.2) is 0 Å². The Balaban J connectivity index is 3.80. The quantitative estimate of drug-likeness (QED) is 0.549. The Morgan fingerprint density at radius 3 is 2.55 bits per heavy atom. The van der Waals surface area contributed by atoms with E-state index in [-0.39, 0.29) is 13.0 Å². The minimum Gasteiger partial charge on any atom is -0.469 e. The van der Waals surface area contributed by atoms with E-state index in [2.05, 4.69) is 4.74 Å². The molecule has 0 rings (SSSR count). The van der Waals surface area contributed by atoms with Crippen LogP contribution in [0.2, 0.25) is 0 Å². The van der Waals surface area contributed by atoms with Gasteiger partial charge in [0, 0.05) is 6.61 Å². The van der Waals surface area contributed by atoms with Crippen LogP contribution < -0.4 is 0 Å². The van der Waals surface area contributed by atoms with Crippen LogP contribution in [0.3, 0.4) is 0 Å². The molecule has 0 aliphatic carbocycles. The summed E-state index contributed by atoms with van der Waals surface area (Å²) in [5, 5.41) is 17.6. The van der Waals surface area contributed by atoms with Crippen molar-refractivity contribution in [3.05, 3.63) is 0 Å². The van der Waals surface area contributed by atoms with Gasteiger partial charge in [0.05, 0.1) is 19.1 Å². The molecule has 66 valence electrons. The molecule has 0 saturated carbocycles. The van der Waals surface area contributed by atoms with E-state index in [0.717, 1.165) is 0 Å². The van der Waals surface area contributed by atoms with Crippen molar-refractivity contribution in [2.45, 2.75) is 19.4 Å². The van der Waals surface area contributed by atoms with Crippen molar-refractivity contribution in [3.63, 3.8) is 0 Å². The van der Waals surface area contributed by atoms with E-state index >= 15 is 0 Å². The normalized spacial score (nSPS) is 15.6. The number of aliphatic hydroxyl groups is 2. The zero-order chi connectivity index (χ0) is 8.85. The maximum absolute atomic E-state index is 10.8. The van der Waals surface area contributed by atoms with Gasteiger partial charge in [-0.1, -0.05) is 0 Å². The molecule has 0 aliphatic rings. The van der Waals surface area contributed by atoms with E-state index < -0.39 is 18.0 Å². The number of carbonyl (C=O) groups is 1. The molecular weight excluding hydrogens is 148 g/mol. The number of hydrogen-bond donors (Lipinski definition) is 2. The number of esters is 1. The smallest absolute Gasteiger partial charge is 0.311 e. The molecule has 0 amide bonds. The predicted molar refractivity (Wildman–Crippen MR) is 38.9 cm³/mol. The Labute approximate surface area is 65.8 Å². The summed E-state index contributed by atoms with van der Waals surface area (Å²) in [7, 11) is 1.27. The van der Waals surface area contributed by atoms with Gasteiger partial charge < -0.3 is 14.9 Å². The average Bonchev–Trinajstić information content (AvgIpc) is 2.02. The van der Waals surface area contributed by atoms with Crippen molar-refractivity contribution in [1.82, 2.24) is 0 Å². The van der Waals surface area contributed by atoms with Crippen molar-refractivity contribution >= 4 is 5.97 Å². The summed E-state index contributed by atoms with van der Waals surface area (Å²) in [6.07, 6.45) is -0.608. The van der Waals surface area contributed by atoms with E-state index in [0.29, 0.717) is 0 Å². The van der Waals surface area contributed by atoms with Gasteiger partial charge in [0.25, 0.3) is 0 Å². The first-order chi connectivity index (χ1) is 5.13. The van der Waals surface area contributed by atoms with Crippen LogP contribution in [0.15, 0.2) is 0 Å². The summed E-state index contributed by atoms with van der Waals surface area (Å²) in [6.45, 7) is 1.44. The number of hydrogen-bond acceptors (Lipinski definition) is 4. The molecule has 0 saturated heterocycles. The molecule has 0 aromatic rings. The van der Waals surface area contributed by atoms with E-state index in [1.54, 1.807) is 6.92 Å². The van der Waals surface area contributed by atoms with Crippen LogP contribution in [0.4, 0.5) is 0 Å². The van der Waals surface area contributed by atoms with E-state index in [1.807, 2.05) is 0 Å². The third-order valence-electron chi connectivity index (χ3n) is 1.57. The summed E-state index contributed by atoms with van der Waals surface area (Å²) in [6, 6.07) is 0. The Morgan fingerprint density at radius 2 is 2.18 bits per heavy atom. The van der Waals surface area contributed by atoms with Gasteiger partial charge in [0.2, 0.25) is 0 Å². The van der Waals surface area contributed by atoms with Crippen LogP contribution in [0.25, 0.3) is 0 Å². The zero-order valence-electron chi connectivity index (χ0n) is 6.78. The average molecular weight is 162 g/mol. The van der Waals surface area contributed by atoms with Gasteiger partial charge in [-0.05, 0) is 13.3 Å². The number of carbonyl (C=O) groups excluding carboxylic acids is 1. The first kappa shape index (κ1) is 10.4. The molecular formula is C7H14O4. The number of methoxy groups -OCH3 is 1. The van der Waals surface area contributed by atoms with Crippen molar-refractivity contribution < 1.29 is 19.7 Å². The molecule has 2 N–H and O–H groups in total. The fourth-order valence-electron chi connectivity index (χ4n) is 0.725. The Bertz CT molecular complexity index is 124. The van der Waals surface area contributed by atoms with E-state index in [9.17, 15) is 4.79 Å². The molecule has 4 nitrogen and oxygen atoms in total. The van der Waals surface area contributed by atoms with Gasteiger partial charge in [-0.15, -0.1) is 0 Å². The molecule has 0 fully saturated rings. The van der Waals surface area contributed by atoms with Crippen LogP contribution in [0, 0.1) is 5.92 Å². The van der Waals surface area contributed by atoms with Crippen LogP contribution in [0.1, 0.15) is 13.3 Å². The first-order valence-electron chi connectivity index (χ1n) is 3.50. The second kappa shape index (κ2) is 5.09. The largest absolute Gasteiger partial charge is 0.469 e. The first-order valence-corrected chi connectivity index (χ1v) is 3.50. The molecule has 0 aromatic carbocycles. The van der Waals surface area contributed by atoms with Crippen molar-refractivity contribution in [2.75, 3.05) is 13.7 Å². The molecule has 11 heavy (non-hydrogen) atoms. The molecule has 4 heteroatoms. The molecule has 0 spiro atoms. The van der Waals surface area contributed by atoms with Crippen molar-refractivity contribution in [1.29, 1.82) is 0 Å². The SMILES string of the molecule is COC(=O)[C@@H](C)[C@H](O)CCO. The highest BCUT2D eigenvalue weighted by atomic mass is 16.5. The monoisotopic (exact) mass is 162 g/mol. The molecule has 2 atom stereocenters. The van der Waals surface area contributed by atoms with Gasteiger partial charge in [-0.3, -0.25) is 4.79 Å². The molecule has 0 unspecified atom stereocenters. The fourth-order valence-corrected chi connectivity index (χ4v) is 0.725. The lowest BCUT2D eigenvalue weighted by molar-refractivity contribution is -0.148. The standard InChI is InChI=1S/C7H14O4/c1-5(7(10)11-2)6(9)3-4-8/h5-6,8-9H,3-4H2,1-2H3/t5-,6+/m0/s1. The summed E-state index contributed by atoms with van der Waals surface area (Å²) in [5.41, 5.74) is 0. The van der Waals surface area contributed by atoms with Crippen LogP contribution >= 0.6 is 0 Å². The lowest BCUT2D eigenvalue weighted by Crippen LogP contribution is -2.27. The highest BCUT2D eigenvalue weighted by molar-refractivity contribution is 5.72. The fraction of sp³-hybridized carbons (Fsp3) is 0.857. The lowest BCUT2D eigenvalue weighted by atomic mass is 10.0. The number of rotatable bonds is 4. The van der Waals surface area contributed by atoms with E-state index in [4.69, 9.17) is 10.2 Å². The van der Waals surface area contributed by atoms with Gasteiger partial charge in [0.1, 0.15) is 0 Å². The zero-order valence-corrected chi connectivity index (χ0v) is 6.78. The van der Waals surface area contributed by atoms with Gasteiger partial charge in [-0.25, -0.2) is 0 Å². The highest BCUT2D eigenvalue weighted by Gasteiger charge is 2.21. The van der Waals surface area contributed by atoms with Crippen LogP contribution in [0.5, 0.6) is 0 Å². The maximum Gasteiger partial charge on any atom is 0.311 e. The summed E-state index contributed by atoms with van der Waals surface area (Å²) in [4.78, 5) is 10.8. The van der Waals surface area contributed by atoms with E-state index in [1.165, 1.54) is 7.11 Å². The minimum atomic E-state index is -0.813. The second-order valence-electron chi connectivity index (χ2n) is 2.39. The topological polar surface area (TPSA) is 66.8 Å². The second-order valence-corrected chi connectivity index (χ2v) is 2.39. The Kier molecular flexibility index (Phi) is 4.81. The van der Waals surface area contributed by atoms with Gasteiger partial charge >= 0.3 is 5.97 Å². The molecule has 0 aliphatic heterocycles. The molecule has 0 aromatic heterocycles. The lowest BCUT2D eigenvalue weighted by Gasteiger charge is -2.14. The molecule has 0 radical (unpaired) electrons. The molecule has 0 bridgehead atoms. The summed E-state index contributed by atoms with van der Waals surface area (Å²) in [5.74, 6) is -1.02. The van der Waals surface area contributed by atoms with Crippen LogP contribution in [-0.2, 0) is 9.53 Å². The Hall–Kier alpha value is -0.610. The summed E-state index contributed by atoms with van der Waals surface area (Å²) < 4.78 is 4.40. The Morgan fingerprint density at radius 1 is 1.64 bits per heavy atom. The highest BCUT2D eigenvalue weighted by Crippen LogP contribution is 2.07. The minimum absolute atomic E-state index is 0.123. The maximum atomic E-state index is 10.8. The van der Waals surface area contributed by atoms with Gasteiger partial charge in [-0.2, -0.15) is 0 Å². The third-order valence-corrected chi connectivity index (χ3v) is 1.57. The third kappa shape index (κ3) is 3.34. The van der Waals surface area contributed by atoms with Crippen molar-refractivity contribution in [2.24, 2.45) is 5.92 Å².